The van der Waals surface area contributed by atoms with Gasteiger partial charge in [-0.05, 0) is 18.2 Å². The Kier molecular flexibility index (Phi) is 4.47. The lowest BCUT2D eigenvalue weighted by Crippen LogP contribution is -2.28. The number of amides is 2. The van der Waals surface area contributed by atoms with Gasteiger partial charge in [0, 0.05) is 12.5 Å². The lowest BCUT2D eigenvalue weighted by atomic mass is 10.1. The van der Waals surface area contributed by atoms with Crippen molar-refractivity contribution in [3.8, 4) is 5.75 Å². The average Bonchev–Trinajstić information content (AvgIpc) is 3.24. The minimum absolute atomic E-state index is 0.0890. The third-order valence-corrected chi connectivity index (χ3v) is 5.37. The molecule has 7 nitrogen and oxygen atoms in total. The van der Waals surface area contributed by atoms with Gasteiger partial charge in [0.1, 0.15) is 11.5 Å². The number of thiophene rings is 1. The largest absolute Gasteiger partial charge is 0.482 e. The van der Waals surface area contributed by atoms with E-state index >= 15 is 0 Å². The zero-order valence-electron chi connectivity index (χ0n) is 13.0. The Labute approximate surface area is 161 Å². The highest BCUT2D eigenvalue weighted by molar-refractivity contribution is 7.18. The molecule has 134 valence electrons. The van der Waals surface area contributed by atoms with Crippen molar-refractivity contribution >= 4 is 63.4 Å². The first-order chi connectivity index (χ1) is 12.5. The van der Waals surface area contributed by atoms with Gasteiger partial charge in [-0.3, -0.25) is 9.59 Å². The molecule has 0 saturated heterocycles. The molecule has 1 aromatic carbocycles. The van der Waals surface area contributed by atoms with Crippen molar-refractivity contribution in [1.29, 1.82) is 0 Å². The van der Waals surface area contributed by atoms with Gasteiger partial charge in [0.05, 0.1) is 25.6 Å². The Hall–Kier alpha value is -2.29. The van der Waals surface area contributed by atoms with Crippen LogP contribution in [0, 0.1) is 0 Å². The van der Waals surface area contributed by atoms with E-state index in [0.29, 0.717) is 33.6 Å². The lowest BCUT2D eigenvalue weighted by Gasteiger charge is -2.20. The van der Waals surface area contributed by atoms with Gasteiger partial charge in [0.15, 0.2) is 6.61 Å². The van der Waals surface area contributed by atoms with Crippen molar-refractivity contribution < 1.29 is 19.2 Å². The smallest absolute Gasteiger partial charge is 0.268 e. The highest BCUT2D eigenvalue weighted by atomic mass is 35.5. The van der Waals surface area contributed by atoms with E-state index < -0.39 is 6.10 Å². The molecule has 1 unspecified atom stereocenters. The second-order valence-corrected chi connectivity index (χ2v) is 7.72. The van der Waals surface area contributed by atoms with Crippen LogP contribution in [-0.4, -0.2) is 30.2 Å². The summed E-state index contributed by atoms with van der Waals surface area (Å²) in [5, 5.41) is 9.59. The van der Waals surface area contributed by atoms with Crippen LogP contribution in [0.25, 0.3) is 0 Å². The van der Waals surface area contributed by atoms with Gasteiger partial charge in [0.25, 0.3) is 11.8 Å². The monoisotopic (exact) mass is 411 g/mol. The molecule has 0 spiro atoms. The minimum Gasteiger partial charge on any atom is -0.482 e. The number of halogens is 2. The third kappa shape index (κ3) is 3.35. The molecule has 10 heteroatoms. The van der Waals surface area contributed by atoms with Crippen LogP contribution >= 0.6 is 34.5 Å². The van der Waals surface area contributed by atoms with E-state index in [1.165, 1.54) is 17.4 Å². The minimum atomic E-state index is -0.765. The zero-order chi connectivity index (χ0) is 18.3. The van der Waals surface area contributed by atoms with E-state index in [-0.39, 0.29) is 23.4 Å². The predicted octanol–water partition coefficient (Wildman–Crippen LogP) is 3.52. The molecule has 2 aromatic rings. The molecule has 0 saturated carbocycles. The molecule has 26 heavy (non-hydrogen) atoms. The SMILES string of the molecule is O=C1COc2cc(NC(=O)C3CC(c4ccc(Cl)s4)=NO3)c(Cl)cc2N1. The number of ether oxygens (including phenoxy) is 1. The number of rotatable bonds is 3. The molecule has 1 aromatic heterocycles. The van der Waals surface area contributed by atoms with Gasteiger partial charge in [-0.1, -0.05) is 28.4 Å². The van der Waals surface area contributed by atoms with Crippen molar-refractivity contribution in [3.05, 3.63) is 38.5 Å². The first-order valence-electron chi connectivity index (χ1n) is 7.55. The van der Waals surface area contributed by atoms with Crippen LogP contribution in [0.3, 0.4) is 0 Å². The van der Waals surface area contributed by atoms with Crippen LogP contribution in [0.15, 0.2) is 29.4 Å². The summed E-state index contributed by atoms with van der Waals surface area (Å²) in [4.78, 5) is 29.9. The summed E-state index contributed by atoms with van der Waals surface area (Å²) in [7, 11) is 0. The Bertz CT molecular complexity index is 944. The first kappa shape index (κ1) is 17.1. The maximum Gasteiger partial charge on any atom is 0.268 e. The molecular formula is C16H11Cl2N3O4S. The normalized spacial score (nSPS) is 18.3. The quantitative estimate of drug-likeness (QED) is 0.808. The molecule has 0 radical (unpaired) electrons. The Morgan fingerprint density at radius 3 is 2.96 bits per heavy atom. The van der Waals surface area contributed by atoms with Crippen molar-refractivity contribution in [3.63, 3.8) is 0 Å². The van der Waals surface area contributed by atoms with E-state index in [2.05, 4.69) is 15.8 Å². The van der Waals surface area contributed by atoms with Gasteiger partial charge in [-0.15, -0.1) is 11.3 Å². The van der Waals surface area contributed by atoms with Gasteiger partial charge in [0.2, 0.25) is 6.10 Å². The van der Waals surface area contributed by atoms with E-state index in [0.717, 1.165) is 4.88 Å². The lowest BCUT2D eigenvalue weighted by molar-refractivity contribution is -0.125. The maximum atomic E-state index is 12.5. The molecule has 2 N–H and O–H groups in total. The standard InChI is InChI=1S/C16H11Cl2N3O4S/c17-7-3-9-11(24-6-15(22)19-9)4-8(7)20-16(23)12-5-10(21-25-12)13-1-2-14(18)26-13/h1-4,12H,5-6H2,(H,19,22)(H,20,23). The van der Waals surface area contributed by atoms with Crippen LogP contribution in [-0.2, 0) is 14.4 Å². The molecule has 2 aliphatic rings. The molecule has 2 aliphatic heterocycles. The number of carbonyl (C=O) groups excluding carboxylic acids is 2. The molecule has 0 fully saturated rings. The molecule has 0 aliphatic carbocycles. The second kappa shape index (κ2) is 6.79. The van der Waals surface area contributed by atoms with Gasteiger partial charge in [-0.25, -0.2) is 0 Å². The Morgan fingerprint density at radius 1 is 1.35 bits per heavy atom. The summed E-state index contributed by atoms with van der Waals surface area (Å²) < 4.78 is 5.97. The van der Waals surface area contributed by atoms with Crippen LogP contribution in [0.5, 0.6) is 5.75 Å². The molecule has 1 atom stereocenters. The van der Waals surface area contributed by atoms with E-state index in [4.69, 9.17) is 32.8 Å². The van der Waals surface area contributed by atoms with Gasteiger partial charge in [-0.2, -0.15) is 0 Å². The van der Waals surface area contributed by atoms with Crippen molar-refractivity contribution in [2.24, 2.45) is 5.16 Å². The van der Waals surface area contributed by atoms with Crippen LogP contribution in [0.1, 0.15) is 11.3 Å². The molecule has 3 heterocycles. The summed E-state index contributed by atoms with van der Waals surface area (Å²) in [6.45, 7) is -0.0890. The third-order valence-electron chi connectivity index (χ3n) is 3.78. The zero-order valence-corrected chi connectivity index (χ0v) is 15.4. The van der Waals surface area contributed by atoms with Crippen LogP contribution in [0.2, 0.25) is 9.36 Å². The maximum absolute atomic E-state index is 12.5. The second-order valence-electron chi connectivity index (χ2n) is 5.59. The summed E-state index contributed by atoms with van der Waals surface area (Å²) in [6, 6.07) is 6.68. The highest BCUT2D eigenvalue weighted by Gasteiger charge is 2.30. The number of nitrogens with one attached hydrogen (secondary N) is 2. The summed E-state index contributed by atoms with van der Waals surface area (Å²) in [5.41, 5.74) is 1.49. The summed E-state index contributed by atoms with van der Waals surface area (Å²) in [6.07, 6.45) is -0.434. The fourth-order valence-corrected chi connectivity index (χ4v) is 3.79. The number of fused-ring (bicyclic) bond motifs is 1. The van der Waals surface area contributed by atoms with E-state index in [1.807, 2.05) is 6.07 Å². The Morgan fingerprint density at radius 2 is 2.19 bits per heavy atom. The highest BCUT2D eigenvalue weighted by Crippen LogP contribution is 2.36. The number of benzene rings is 1. The first-order valence-corrected chi connectivity index (χ1v) is 9.12. The van der Waals surface area contributed by atoms with E-state index in [9.17, 15) is 9.59 Å². The number of hydrogen-bond acceptors (Lipinski definition) is 6. The molecular weight excluding hydrogens is 401 g/mol. The van der Waals surface area contributed by atoms with Gasteiger partial charge < -0.3 is 20.2 Å². The topological polar surface area (TPSA) is 89.0 Å². The number of nitrogens with zero attached hydrogens (tertiary/aromatic N) is 1. The average molecular weight is 412 g/mol. The fraction of sp³-hybridized carbons (Fsp3) is 0.188. The Balaban J connectivity index is 1.45. The van der Waals surface area contributed by atoms with Gasteiger partial charge >= 0.3 is 0 Å². The summed E-state index contributed by atoms with van der Waals surface area (Å²) in [5.74, 6) is -0.210. The molecule has 2 amide bonds. The number of anilines is 2. The predicted molar refractivity (Wildman–Crippen MR) is 99.6 cm³/mol. The van der Waals surface area contributed by atoms with Crippen molar-refractivity contribution in [2.75, 3.05) is 17.2 Å². The van der Waals surface area contributed by atoms with E-state index in [1.54, 1.807) is 12.1 Å². The number of oxime groups is 1. The summed E-state index contributed by atoms with van der Waals surface area (Å²) >= 11 is 13.5. The van der Waals surface area contributed by atoms with Crippen LogP contribution in [0.4, 0.5) is 11.4 Å². The number of hydrogen-bond donors (Lipinski definition) is 2. The molecule has 4 rings (SSSR count). The molecule has 0 bridgehead atoms. The number of carbonyl (C=O) groups is 2. The fourth-order valence-electron chi connectivity index (χ4n) is 2.54. The van der Waals surface area contributed by atoms with Crippen LogP contribution < -0.4 is 15.4 Å². The van der Waals surface area contributed by atoms with Crippen molar-refractivity contribution in [1.82, 2.24) is 0 Å². The van der Waals surface area contributed by atoms with Crippen molar-refractivity contribution in [2.45, 2.75) is 12.5 Å².